The minimum atomic E-state index is -4.19. The van der Waals surface area contributed by atoms with Crippen molar-refractivity contribution in [3.8, 4) is 0 Å². The molecule has 0 atom stereocenters. The molecule has 0 fully saturated rings. The number of carbonyl (C=O) groups excluding carboxylic acids is 1. The molecular weight excluding hydrogens is 652 g/mol. The molecule has 4 rings (SSSR count). The number of carbonyl (C=O) groups is 1. The van der Waals surface area contributed by atoms with Crippen molar-refractivity contribution in [2.75, 3.05) is 20.9 Å². The largest absolute Gasteiger partial charge is 0.325 e. The van der Waals surface area contributed by atoms with Crippen LogP contribution >= 0.6 is 46.4 Å². The number of nitrogens with zero attached hydrogens (tertiary/aromatic N) is 1. The van der Waals surface area contributed by atoms with Crippen LogP contribution in [0.2, 0.25) is 20.1 Å². The lowest BCUT2D eigenvalue weighted by atomic mass is 10.2. The normalized spacial score (nSPS) is 11.6. The maximum Gasteiger partial charge on any atom is 0.264 e. The van der Waals surface area contributed by atoms with Crippen LogP contribution in [-0.2, 0) is 24.8 Å². The van der Waals surface area contributed by atoms with Crippen molar-refractivity contribution in [3.05, 3.63) is 111 Å². The van der Waals surface area contributed by atoms with Crippen molar-refractivity contribution in [3.63, 3.8) is 0 Å². The van der Waals surface area contributed by atoms with Crippen LogP contribution in [0.1, 0.15) is 5.56 Å². The Kier molecular flexibility index (Phi) is 9.42. The third kappa shape index (κ3) is 7.65. The molecule has 41 heavy (non-hydrogen) atoms. The molecule has 0 unspecified atom stereocenters. The first kappa shape index (κ1) is 31.0. The van der Waals surface area contributed by atoms with Gasteiger partial charge < -0.3 is 5.32 Å². The average Bonchev–Trinajstić information content (AvgIpc) is 2.88. The van der Waals surface area contributed by atoms with Gasteiger partial charge in [0.05, 0.1) is 31.2 Å². The van der Waals surface area contributed by atoms with E-state index in [9.17, 15) is 21.6 Å². The molecule has 8 nitrogen and oxygen atoms in total. The highest BCUT2D eigenvalue weighted by Crippen LogP contribution is 2.31. The third-order valence-corrected chi connectivity index (χ3v) is 10.0. The van der Waals surface area contributed by atoms with E-state index >= 15 is 0 Å². The molecule has 0 spiro atoms. The van der Waals surface area contributed by atoms with Crippen LogP contribution in [-0.4, -0.2) is 29.3 Å². The lowest BCUT2D eigenvalue weighted by Crippen LogP contribution is -2.38. The molecule has 214 valence electrons. The molecule has 0 radical (unpaired) electrons. The topological polar surface area (TPSA) is 113 Å². The Bertz CT molecular complexity index is 1800. The van der Waals surface area contributed by atoms with Crippen LogP contribution in [0.5, 0.6) is 0 Å². The Balaban J connectivity index is 1.55. The Morgan fingerprint density at radius 3 is 1.88 bits per heavy atom. The zero-order valence-corrected chi connectivity index (χ0v) is 25.8. The maximum absolute atomic E-state index is 13.6. The molecule has 4 aromatic rings. The summed E-state index contributed by atoms with van der Waals surface area (Å²) in [7, 11) is -8.18. The number of hydrogen-bond acceptors (Lipinski definition) is 5. The van der Waals surface area contributed by atoms with E-state index in [1.165, 1.54) is 72.8 Å². The fourth-order valence-electron chi connectivity index (χ4n) is 3.67. The zero-order valence-electron chi connectivity index (χ0n) is 21.1. The summed E-state index contributed by atoms with van der Waals surface area (Å²) in [5.74, 6) is -0.686. The molecule has 0 bridgehead atoms. The van der Waals surface area contributed by atoms with E-state index in [4.69, 9.17) is 46.4 Å². The molecule has 0 saturated heterocycles. The predicted molar refractivity (Wildman–Crippen MR) is 165 cm³/mol. The minimum Gasteiger partial charge on any atom is -0.325 e. The first-order valence-electron chi connectivity index (χ1n) is 11.7. The van der Waals surface area contributed by atoms with Gasteiger partial charge in [-0.25, -0.2) is 16.8 Å². The molecule has 0 heterocycles. The molecule has 1 amide bonds. The first-order valence-corrected chi connectivity index (χ1v) is 16.1. The van der Waals surface area contributed by atoms with Crippen LogP contribution in [0.25, 0.3) is 0 Å². The van der Waals surface area contributed by atoms with E-state index < -0.39 is 32.5 Å². The maximum atomic E-state index is 13.6. The third-order valence-electron chi connectivity index (χ3n) is 5.65. The summed E-state index contributed by atoms with van der Waals surface area (Å²) in [5.41, 5.74) is 1.40. The van der Waals surface area contributed by atoms with E-state index in [1.807, 2.05) is 6.92 Å². The summed E-state index contributed by atoms with van der Waals surface area (Å²) in [6, 6.07) is 20.0. The van der Waals surface area contributed by atoms with Gasteiger partial charge in [-0.1, -0.05) is 64.1 Å². The van der Waals surface area contributed by atoms with E-state index in [0.717, 1.165) is 9.87 Å². The van der Waals surface area contributed by atoms with Crippen LogP contribution in [0, 0.1) is 6.92 Å². The summed E-state index contributed by atoms with van der Waals surface area (Å²) in [6.07, 6.45) is 0. The highest BCUT2D eigenvalue weighted by atomic mass is 35.5. The standard InChI is InChI=1S/C27H21Cl4N3O5S2/c1-17-2-7-24(8-3-17)41(38,39)34(22-6-11-25(30)26(31)15-22)16-27(35)32-20-4-9-23(10-5-20)40(36,37)33-21-13-18(28)12-19(29)14-21/h2-15,33H,16H2,1H3,(H,32,35). The number of rotatable bonds is 9. The van der Waals surface area contributed by atoms with E-state index in [0.29, 0.717) is 0 Å². The summed E-state index contributed by atoms with van der Waals surface area (Å²) in [4.78, 5) is 12.9. The number of sulfonamides is 2. The second-order valence-electron chi connectivity index (χ2n) is 8.76. The highest BCUT2D eigenvalue weighted by Gasteiger charge is 2.28. The SMILES string of the molecule is Cc1ccc(S(=O)(=O)N(CC(=O)Nc2ccc(S(=O)(=O)Nc3cc(Cl)cc(Cl)c3)cc2)c2ccc(Cl)c(Cl)c2)cc1. The van der Waals surface area contributed by atoms with Gasteiger partial charge in [-0.15, -0.1) is 0 Å². The van der Waals surface area contributed by atoms with Gasteiger partial charge in [0.2, 0.25) is 5.91 Å². The number of hydrogen-bond donors (Lipinski definition) is 2. The summed E-state index contributed by atoms with van der Waals surface area (Å²) in [5, 5.41) is 3.43. The van der Waals surface area contributed by atoms with Crippen LogP contribution in [0.15, 0.2) is 94.7 Å². The monoisotopic (exact) mass is 671 g/mol. The van der Waals surface area contributed by atoms with Crippen molar-refractivity contribution in [2.45, 2.75) is 16.7 Å². The van der Waals surface area contributed by atoms with Crippen molar-refractivity contribution in [2.24, 2.45) is 0 Å². The van der Waals surface area contributed by atoms with Gasteiger partial charge in [0.25, 0.3) is 20.0 Å². The van der Waals surface area contributed by atoms with Crippen LogP contribution in [0.3, 0.4) is 0 Å². The molecule has 0 aliphatic rings. The second kappa shape index (κ2) is 12.5. The van der Waals surface area contributed by atoms with Crippen molar-refractivity contribution < 1.29 is 21.6 Å². The number of anilines is 3. The quantitative estimate of drug-likeness (QED) is 0.195. The average molecular weight is 673 g/mol. The molecule has 0 saturated carbocycles. The van der Waals surface area contributed by atoms with Gasteiger partial charge in [-0.2, -0.15) is 0 Å². The summed E-state index contributed by atoms with van der Waals surface area (Å²) < 4.78 is 56.0. The second-order valence-corrected chi connectivity index (χ2v) is 14.0. The van der Waals surface area contributed by atoms with Crippen LogP contribution in [0.4, 0.5) is 17.1 Å². The molecule has 2 N–H and O–H groups in total. The lowest BCUT2D eigenvalue weighted by molar-refractivity contribution is -0.114. The smallest absolute Gasteiger partial charge is 0.264 e. The predicted octanol–water partition coefficient (Wildman–Crippen LogP) is 7.24. The van der Waals surface area contributed by atoms with Gasteiger partial charge in [0, 0.05) is 15.7 Å². The lowest BCUT2D eigenvalue weighted by Gasteiger charge is -2.24. The fraction of sp³-hybridized carbons (Fsp3) is 0.0741. The summed E-state index contributed by atoms with van der Waals surface area (Å²) >= 11 is 24.0. The molecule has 0 aromatic heterocycles. The fourth-order valence-corrected chi connectivity index (χ4v) is 6.94. The molecular formula is C27H21Cl4N3O5S2. The summed E-state index contributed by atoms with van der Waals surface area (Å²) in [6.45, 7) is 1.21. The molecule has 0 aliphatic carbocycles. The van der Waals surface area contributed by atoms with Gasteiger partial charge in [0.1, 0.15) is 6.54 Å². The Hall–Kier alpha value is -2.99. The van der Waals surface area contributed by atoms with Gasteiger partial charge in [0.15, 0.2) is 0 Å². The number of nitrogens with one attached hydrogen (secondary N) is 2. The molecule has 14 heteroatoms. The minimum absolute atomic E-state index is 0.0231. The Morgan fingerprint density at radius 2 is 1.29 bits per heavy atom. The Morgan fingerprint density at radius 1 is 0.707 bits per heavy atom. The Labute approximate surface area is 257 Å². The van der Waals surface area contributed by atoms with Crippen molar-refractivity contribution in [1.29, 1.82) is 0 Å². The van der Waals surface area contributed by atoms with E-state index in [-0.39, 0.29) is 46.9 Å². The van der Waals surface area contributed by atoms with Gasteiger partial charge in [-0.3, -0.25) is 13.8 Å². The number of aryl methyl sites for hydroxylation is 1. The van der Waals surface area contributed by atoms with Crippen molar-refractivity contribution >= 4 is 89.4 Å². The number of halogens is 4. The van der Waals surface area contributed by atoms with Crippen molar-refractivity contribution in [1.82, 2.24) is 0 Å². The molecule has 4 aromatic carbocycles. The molecule has 0 aliphatic heterocycles. The zero-order chi connectivity index (χ0) is 29.9. The number of benzene rings is 4. The van der Waals surface area contributed by atoms with Crippen LogP contribution < -0.4 is 14.3 Å². The highest BCUT2D eigenvalue weighted by molar-refractivity contribution is 7.93. The first-order chi connectivity index (χ1) is 19.2. The van der Waals surface area contributed by atoms with E-state index in [2.05, 4.69) is 10.0 Å². The van der Waals surface area contributed by atoms with Gasteiger partial charge in [-0.05, 0) is 79.7 Å². The van der Waals surface area contributed by atoms with E-state index in [1.54, 1.807) is 12.1 Å². The van der Waals surface area contributed by atoms with Gasteiger partial charge >= 0.3 is 0 Å². The number of amides is 1.